The molecule has 0 unspecified atom stereocenters. The van der Waals surface area contributed by atoms with Crippen LogP contribution in [0, 0.1) is 0 Å². The Balaban J connectivity index is 1.38. The Morgan fingerprint density at radius 1 is 0.500 bits per heavy atom. The largest absolute Gasteiger partial charge is 0.309 e. The molecule has 0 radical (unpaired) electrons. The smallest absolute Gasteiger partial charge is 0.0623 e. The van der Waals surface area contributed by atoms with Crippen LogP contribution in [0.4, 0.5) is 0 Å². The standard InChI is InChI=1S/C41H29N/c1-41(2)35-20-9-7-17-33(35)37-31-15-5-6-16-32(31)40-38(39(37)41)34-18-8-10-21-36(34)42(40)28-24-22-27(23-25-28)30-19-11-13-26-12-3-4-14-29(26)30/h3-25H,1-2H3. The Hall–Kier alpha value is -5.14. The van der Waals surface area contributed by atoms with Gasteiger partial charge in [-0.1, -0.05) is 135 Å². The number of nitrogens with zero attached hydrogens (tertiary/aromatic N) is 1. The summed E-state index contributed by atoms with van der Waals surface area (Å²) in [6.45, 7) is 4.80. The molecule has 8 aromatic rings. The molecular formula is C41H29N. The average molecular weight is 536 g/mol. The van der Waals surface area contributed by atoms with E-state index in [0.29, 0.717) is 0 Å². The Labute approximate surface area is 245 Å². The predicted octanol–water partition coefficient (Wildman–Crippen LogP) is 11.1. The lowest BCUT2D eigenvalue weighted by molar-refractivity contribution is 0.667. The maximum absolute atomic E-state index is 2.50. The van der Waals surface area contributed by atoms with Crippen LogP contribution >= 0.6 is 0 Å². The van der Waals surface area contributed by atoms with Gasteiger partial charge < -0.3 is 4.57 Å². The molecule has 42 heavy (non-hydrogen) atoms. The van der Waals surface area contributed by atoms with Crippen LogP contribution in [-0.2, 0) is 5.41 Å². The second-order valence-corrected chi connectivity index (χ2v) is 12.1. The first-order valence-electron chi connectivity index (χ1n) is 14.8. The van der Waals surface area contributed by atoms with Crippen molar-refractivity contribution in [3.8, 4) is 27.9 Å². The molecule has 1 heterocycles. The van der Waals surface area contributed by atoms with E-state index in [1.807, 2.05) is 0 Å². The van der Waals surface area contributed by atoms with Crippen LogP contribution < -0.4 is 0 Å². The molecule has 1 heteroatoms. The van der Waals surface area contributed by atoms with Crippen molar-refractivity contribution in [1.29, 1.82) is 0 Å². The van der Waals surface area contributed by atoms with Gasteiger partial charge in [-0.3, -0.25) is 0 Å². The number of aromatic nitrogens is 1. The summed E-state index contributed by atoms with van der Waals surface area (Å²) in [5, 5.41) is 7.87. The maximum atomic E-state index is 2.50. The van der Waals surface area contributed by atoms with E-state index in [0.717, 1.165) is 0 Å². The van der Waals surface area contributed by atoms with E-state index in [4.69, 9.17) is 0 Å². The summed E-state index contributed by atoms with van der Waals surface area (Å²) < 4.78 is 2.50. The number of hydrogen-bond donors (Lipinski definition) is 0. The third-order valence-electron chi connectivity index (χ3n) is 9.55. The van der Waals surface area contributed by atoms with Gasteiger partial charge in [0.05, 0.1) is 11.0 Å². The van der Waals surface area contributed by atoms with E-state index in [-0.39, 0.29) is 5.41 Å². The van der Waals surface area contributed by atoms with E-state index >= 15 is 0 Å². The van der Waals surface area contributed by atoms with Crippen molar-refractivity contribution in [1.82, 2.24) is 4.57 Å². The Kier molecular flexibility index (Phi) is 4.73. The van der Waals surface area contributed by atoms with Crippen molar-refractivity contribution in [3.05, 3.63) is 151 Å². The molecule has 0 aliphatic heterocycles. The molecule has 1 nitrogen and oxygen atoms in total. The van der Waals surface area contributed by atoms with Crippen LogP contribution in [0.2, 0.25) is 0 Å². The van der Waals surface area contributed by atoms with E-state index < -0.39 is 0 Å². The minimum absolute atomic E-state index is 0.110. The van der Waals surface area contributed by atoms with Gasteiger partial charge in [0.2, 0.25) is 0 Å². The Morgan fingerprint density at radius 2 is 1.12 bits per heavy atom. The first-order valence-corrected chi connectivity index (χ1v) is 14.8. The molecule has 0 bridgehead atoms. The summed E-state index contributed by atoms with van der Waals surface area (Å²) in [5.74, 6) is 0. The highest BCUT2D eigenvalue weighted by molar-refractivity contribution is 6.25. The van der Waals surface area contributed by atoms with Gasteiger partial charge in [0, 0.05) is 27.3 Å². The normalized spacial score (nSPS) is 13.7. The summed E-state index contributed by atoms with van der Waals surface area (Å²) in [7, 11) is 0. The van der Waals surface area contributed by atoms with E-state index in [1.165, 1.54) is 82.4 Å². The summed E-state index contributed by atoms with van der Waals surface area (Å²) in [6.07, 6.45) is 0. The van der Waals surface area contributed by atoms with Crippen molar-refractivity contribution < 1.29 is 0 Å². The van der Waals surface area contributed by atoms with E-state index in [1.54, 1.807) is 0 Å². The highest BCUT2D eigenvalue weighted by Gasteiger charge is 2.39. The van der Waals surface area contributed by atoms with Gasteiger partial charge in [0.15, 0.2) is 0 Å². The van der Waals surface area contributed by atoms with Crippen LogP contribution in [-0.4, -0.2) is 4.57 Å². The fourth-order valence-electron chi connectivity index (χ4n) is 7.74. The summed E-state index contributed by atoms with van der Waals surface area (Å²) in [6, 6.07) is 51.3. The van der Waals surface area contributed by atoms with Crippen molar-refractivity contribution in [2.24, 2.45) is 0 Å². The van der Waals surface area contributed by atoms with Gasteiger partial charge in [-0.25, -0.2) is 0 Å². The zero-order chi connectivity index (χ0) is 28.0. The number of fused-ring (bicyclic) bond motifs is 11. The number of rotatable bonds is 2. The molecule has 0 N–H and O–H groups in total. The highest BCUT2D eigenvalue weighted by Crippen LogP contribution is 2.56. The molecule has 0 saturated carbocycles. The number of hydrogen-bond acceptors (Lipinski definition) is 0. The Morgan fingerprint density at radius 3 is 1.95 bits per heavy atom. The minimum atomic E-state index is -0.110. The zero-order valence-electron chi connectivity index (χ0n) is 23.7. The lowest BCUT2D eigenvalue weighted by atomic mass is 9.79. The molecule has 0 spiro atoms. The van der Waals surface area contributed by atoms with Crippen molar-refractivity contribution in [2.75, 3.05) is 0 Å². The summed E-state index contributed by atoms with van der Waals surface area (Å²) >= 11 is 0. The predicted molar refractivity (Wildman–Crippen MR) is 179 cm³/mol. The lowest BCUT2D eigenvalue weighted by Crippen LogP contribution is -2.15. The second kappa shape index (κ2) is 8.44. The number of benzene rings is 7. The molecule has 0 atom stereocenters. The average Bonchev–Trinajstić information content (AvgIpc) is 3.50. The maximum Gasteiger partial charge on any atom is 0.0623 e. The number of para-hydroxylation sites is 1. The van der Waals surface area contributed by atoms with Gasteiger partial charge in [-0.15, -0.1) is 0 Å². The molecule has 198 valence electrons. The van der Waals surface area contributed by atoms with Crippen LogP contribution in [0.25, 0.3) is 71.3 Å². The van der Waals surface area contributed by atoms with Gasteiger partial charge in [-0.05, 0) is 67.7 Å². The molecule has 0 fully saturated rings. The minimum Gasteiger partial charge on any atom is -0.309 e. The van der Waals surface area contributed by atoms with Gasteiger partial charge in [0.1, 0.15) is 0 Å². The summed E-state index contributed by atoms with van der Waals surface area (Å²) in [4.78, 5) is 0. The fraction of sp³-hybridized carbons (Fsp3) is 0.0732. The third kappa shape index (κ3) is 3.03. The molecule has 7 aromatic carbocycles. The van der Waals surface area contributed by atoms with Crippen LogP contribution in [0.3, 0.4) is 0 Å². The second-order valence-electron chi connectivity index (χ2n) is 12.1. The first-order chi connectivity index (χ1) is 20.6. The first kappa shape index (κ1) is 23.6. The lowest BCUT2D eigenvalue weighted by Gasteiger charge is -2.23. The topological polar surface area (TPSA) is 4.93 Å². The molecule has 1 aliphatic rings. The van der Waals surface area contributed by atoms with E-state index in [9.17, 15) is 0 Å². The van der Waals surface area contributed by atoms with Crippen LogP contribution in [0.5, 0.6) is 0 Å². The van der Waals surface area contributed by atoms with E-state index in [2.05, 4.69) is 158 Å². The van der Waals surface area contributed by atoms with Crippen LogP contribution in [0.1, 0.15) is 25.0 Å². The van der Waals surface area contributed by atoms with Crippen molar-refractivity contribution in [3.63, 3.8) is 0 Å². The third-order valence-corrected chi connectivity index (χ3v) is 9.55. The molecule has 0 amide bonds. The van der Waals surface area contributed by atoms with Crippen molar-refractivity contribution >= 4 is 43.4 Å². The SMILES string of the molecule is CC1(C)c2ccccc2-c2c1c1c3ccccc3n(-c3ccc(-c4cccc5ccccc45)cc3)c1c1ccccc21. The molecule has 0 saturated heterocycles. The molecule has 1 aliphatic carbocycles. The zero-order valence-corrected chi connectivity index (χ0v) is 23.7. The highest BCUT2D eigenvalue weighted by atomic mass is 15.0. The fourth-order valence-corrected chi connectivity index (χ4v) is 7.74. The van der Waals surface area contributed by atoms with Crippen molar-refractivity contribution in [2.45, 2.75) is 19.3 Å². The van der Waals surface area contributed by atoms with Crippen LogP contribution in [0.15, 0.2) is 140 Å². The van der Waals surface area contributed by atoms with Gasteiger partial charge >= 0.3 is 0 Å². The Bertz CT molecular complexity index is 2360. The molecule has 1 aromatic heterocycles. The monoisotopic (exact) mass is 535 g/mol. The molecular weight excluding hydrogens is 506 g/mol. The van der Waals surface area contributed by atoms with Gasteiger partial charge in [-0.2, -0.15) is 0 Å². The quantitative estimate of drug-likeness (QED) is 0.207. The molecule has 9 rings (SSSR count). The van der Waals surface area contributed by atoms with Gasteiger partial charge in [0.25, 0.3) is 0 Å². The summed E-state index contributed by atoms with van der Waals surface area (Å²) in [5.41, 5.74) is 11.7.